The molecule has 2 aliphatic rings. The molecule has 1 aromatic carbocycles. The number of carboxylic acids is 1. The van der Waals surface area contributed by atoms with Crippen molar-refractivity contribution in [3.63, 3.8) is 0 Å². The fourth-order valence-electron chi connectivity index (χ4n) is 3.96. The Hall–Kier alpha value is -1.55. The summed E-state index contributed by atoms with van der Waals surface area (Å²) in [6.07, 6.45) is 2.88. The van der Waals surface area contributed by atoms with Gasteiger partial charge in [-0.3, -0.25) is 9.59 Å². The Morgan fingerprint density at radius 3 is 2.62 bits per heavy atom. The topological polar surface area (TPSA) is 66.4 Å². The maximum absolute atomic E-state index is 12.4. The average molecular weight is 308 g/mol. The number of nitrogens with one attached hydrogen (secondary N) is 1. The van der Waals surface area contributed by atoms with E-state index in [0.717, 1.165) is 24.8 Å². The van der Waals surface area contributed by atoms with Gasteiger partial charge in [-0.15, -0.1) is 0 Å². The van der Waals surface area contributed by atoms with Crippen molar-refractivity contribution < 1.29 is 14.7 Å². The van der Waals surface area contributed by atoms with Gasteiger partial charge in [0.25, 0.3) is 5.91 Å². The highest BCUT2D eigenvalue weighted by Gasteiger charge is 2.51. The van der Waals surface area contributed by atoms with Crippen molar-refractivity contribution in [3.8, 4) is 0 Å². The van der Waals surface area contributed by atoms with Gasteiger partial charge in [-0.25, -0.2) is 0 Å². The van der Waals surface area contributed by atoms with Crippen molar-refractivity contribution in [3.05, 3.63) is 34.3 Å². The van der Waals surface area contributed by atoms with Gasteiger partial charge in [-0.1, -0.05) is 11.6 Å². The third-order valence-corrected chi connectivity index (χ3v) is 5.02. The minimum Gasteiger partial charge on any atom is -0.481 e. The van der Waals surface area contributed by atoms with Crippen LogP contribution >= 0.6 is 11.6 Å². The van der Waals surface area contributed by atoms with Crippen LogP contribution in [-0.4, -0.2) is 23.0 Å². The van der Waals surface area contributed by atoms with Crippen LogP contribution in [-0.2, 0) is 4.79 Å². The predicted octanol–water partition coefficient (Wildman–Crippen LogP) is 2.88. The SMILES string of the molecule is Cc1cc(Cl)cc(C(=O)NC2C3CCC(C3)C2C(=O)O)c1. The normalized spacial score (nSPS) is 30.4. The minimum absolute atomic E-state index is 0.207. The van der Waals surface area contributed by atoms with E-state index in [0.29, 0.717) is 16.5 Å². The zero-order valence-corrected chi connectivity index (χ0v) is 12.6. The van der Waals surface area contributed by atoms with Crippen LogP contribution in [0.2, 0.25) is 5.02 Å². The summed E-state index contributed by atoms with van der Waals surface area (Å²) in [5, 5.41) is 12.9. The molecular weight excluding hydrogens is 290 g/mol. The number of carboxylic acid groups (broad SMARTS) is 1. The maximum Gasteiger partial charge on any atom is 0.308 e. The summed E-state index contributed by atoms with van der Waals surface area (Å²) in [7, 11) is 0. The van der Waals surface area contributed by atoms with Gasteiger partial charge in [0.2, 0.25) is 0 Å². The highest BCUT2D eigenvalue weighted by atomic mass is 35.5. The van der Waals surface area contributed by atoms with E-state index < -0.39 is 11.9 Å². The fourth-order valence-corrected chi connectivity index (χ4v) is 4.25. The lowest BCUT2D eigenvalue weighted by molar-refractivity contribution is -0.144. The average Bonchev–Trinajstić information content (AvgIpc) is 2.97. The van der Waals surface area contributed by atoms with Crippen LogP contribution in [0.4, 0.5) is 0 Å². The summed E-state index contributed by atoms with van der Waals surface area (Å²) in [6.45, 7) is 1.88. The number of hydrogen-bond donors (Lipinski definition) is 2. The van der Waals surface area contributed by atoms with E-state index in [1.54, 1.807) is 18.2 Å². The number of halogens is 1. The molecule has 1 aromatic rings. The summed E-state index contributed by atoms with van der Waals surface area (Å²) in [6, 6.07) is 4.92. The van der Waals surface area contributed by atoms with Crippen LogP contribution < -0.4 is 5.32 Å². The van der Waals surface area contributed by atoms with E-state index in [9.17, 15) is 14.7 Å². The molecular formula is C16H18ClNO3. The number of aryl methyl sites for hydroxylation is 1. The standard InChI is InChI=1S/C16H18ClNO3/c1-8-4-11(7-12(17)5-8)15(19)18-14-10-3-2-9(6-10)13(14)16(20)21/h4-5,7,9-10,13-14H,2-3,6H2,1H3,(H,18,19)(H,20,21). The number of hydrogen-bond acceptors (Lipinski definition) is 2. The molecule has 4 nitrogen and oxygen atoms in total. The first-order valence-corrected chi connectivity index (χ1v) is 7.64. The van der Waals surface area contributed by atoms with Gasteiger partial charge in [-0.2, -0.15) is 0 Å². The fraction of sp³-hybridized carbons (Fsp3) is 0.500. The second-order valence-electron chi connectivity index (χ2n) is 6.21. The Labute approximate surface area is 128 Å². The Kier molecular flexibility index (Phi) is 3.66. The molecule has 2 aliphatic carbocycles. The monoisotopic (exact) mass is 307 g/mol. The summed E-state index contributed by atoms with van der Waals surface area (Å²) in [5.41, 5.74) is 1.40. The number of rotatable bonds is 3. The van der Waals surface area contributed by atoms with Gasteiger partial charge in [-0.05, 0) is 61.8 Å². The molecule has 0 aromatic heterocycles. The number of carbonyl (C=O) groups is 2. The lowest BCUT2D eigenvalue weighted by Crippen LogP contribution is -2.46. The highest BCUT2D eigenvalue weighted by Crippen LogP contribution is 2.48. The van der Waals surface area contributed by atoms with Crippen LogP contribution in [0, 0.1) is 24.7 Å². The Morgan fingerprint density at radius 2 is 1.95 bits per heavy atom. The number of amides is 1. The second-order valence-corrected chi connectivity index (χ2v) is 6.65. The quantitative estimate of drug-likeness (QED) is 0.902. The van der Waals surface area contributed by atoms with E-state index in [4.69, 9.17) is 11.6 Å². The maximum atomic E-state index is 12.4. The zero-order chi connectivity index (χ0) is 15.1. The predicted molar refractivity (Wildman–Crippen MR) is 79.4 cm³/mol. The van der Waals surface area contributed by atoms with Crippen LogP contribution in [0.1, 0.15) is 35.2 Å². The molecule has 0 saturated heterocycles. The Morgan fingerprint density at radius 1 is 1.24 bits per heavy atom. The largest absolute Gasteiger partial charge is 0.481 e. The molecule has 0 radical (unpaired) electrons. The number of fused-ring (bicyclic) bond motifs is 2. The molecule has 2 fully saturated rings. The van der Waals surface area contributed by atoms with Crippen molar-refractivity contribution in [2.75, 3.05) is 0 Å². The van der Waals surface area contributed by atoms with Gasteiger partial charge < -0.3 is 10.4 Å². The van der Waals surface area contributed by atoms with E-state index >= 15 is 0 Å². The highest BCUT2D eigenvalue weighted by molar-refractivity contribution is 6.31. The molecule has 0 spiro atoms. The molecule has 2 saturated carbocycles. The third kappa shape index (κ3) is 2.64. The van der Waals surface area contributed by atoms with Gasteiger partial charge in [0.1, 0.15) is 0 Å². The van der Waals surface area contributed by atoms with Crippen molar-refractivity contribution in [1.29, 1.82) is 0 Å². The minimum atomic E-state index is -0.797. The van der Waals surface area contributed by atoms with E-state index in [1.807, 2.05) is 6.92 Å². The summed E-state index contributed by atoms with van der Waals surface area (Å²) < 4.78 is 0. The first-order chi connectivity index (χ1) is 9.95. The van der Waals surface area contributed by atoms with Crippen molar-refractivity contribution in [2.24, 2.45) is 17.8 Å². The molecule has 4 atom stereocenters. The molecule has 2 bridgehead atoms. The van der Waals surface area contributed by atoms with E-state index in [2.05, 4.69) is 5.32 Å². The molecule has 4 unspecified atom stereocenters. The number of benzene rings is 1. The molecule has 1 amide bonds. The molecule has 0 aliphatic heterocycles. The molecule has 2 N–H and O–H groups in total. The lowest BCUT2D eigenvalue weighted by Gasteiger charge is -2.28. The van der Waals surface area contributed by atoms with Crippen molar-refractivity contribution in [2.45, 2.75) is 32.2 Å². The molecule has 3 rings (SSSR count). The third-order valence-electron chi connectivity index (χ3n) is 4.80. The number of aliphatic carboxylic acids is 1. The van der Waals surface area contributed by atoms with Crippen LogP contribution in [0.5, 0.6) is 0 Å². The zero-order valence-electron chi connectivity index (χ0n) is 11.8. The number of carbonyl (C=O) groups excluding carboxylic acids is 1. The summed E-state index contributed by atoms with van der Waals surface area (Å²) >= 11 is 5.98. The van der Waals surface area contributed by atoms with Crippen LogP contribution in [0.25, 0.3) is 0 Å². The van der Waals surface area contributed by atoms with E-state index in [-0.39, 0.29) is 17.9 Å². The Bertz CT molecular complexity index is 581. The molecule has 5 heteroatoms. The van der Waals surface area contributed by atoms with Crippen molar-refractivity contribution >= 4 is 23.5 Å². The smallest absolute Gasteiger partial charge is 0.308 e. The Balaban J connectivity index is 1.79. The van der Waals surface area contributed by atoms with Crippen LogP contribution in [0.15, 0.2) is 18.2 Å². The molecule has 0 heterocycles. The summed E-state index contributed by atoms with van der Waals surface area (Å²) in [5.74, 6) is -0.980. The van der Waals surface area contributed by atoms with Gasteiger partial charge in [0.05, 0.1) is 5.92 Å². The van der Waals surface area contributed by atoms with Crippen LogP contribution in [0.3, 0.4) is 0 Å². The summed E-state index contributed by atoms with van der Waals surface area (Å²) in [4.78, 5) is 23.8. The molecule has 21 heavy (non-hydrogen) atoms. The lowest BCUT2D eigenvalue weighted by atomic mass is 9.84. The van der Waals surface area contributed by atoms with Crippen molar-refractivity contribution in [1.82, 2.24) is 5.32 Å². The van der Waals surface area contributed by atoms with E-state index in [1.165, 1.54) is 0 Å². The second kappa shape index (κ2) is 5.34. The van der Waals surface area contributed by atoms with Gasteiger partial charge in [0.15, 0.2) is 0 Å². The molecule has 112 valence electrons. The first kappa shape index (κ1) is 14.4. The van der Waals surface area contributed by atoms with Gasteiger partial charge in [0, 0.05) is 16.6 Å². The first-order valence-electron chi connectivity index (χ1n) is 7.26. The van der Waals surface area contributed by atoms with Gasteiger partial charge >= 0.3 is 5.97 Å².